The molecule has 0 fully saturated rings. The number of hydrogen-bond donors (Lipinski definition) is 0. The minimum atomic E-state index is -1.47. The number of benzene rings is 1. The molecule has 1 heterocycles. The molecule has 0 saturated carbocycles. The first-order chi connectivity index (χ1) is 6.98. The van der Waals surface area contributed by atoms with Crippen LogP contribution < -0.4 is 4.90 Å². The zero-order valence-corrected chi connectivity index (χ0v) is 11.9. The van der Waals surface area contributed by atoms with Gasteiger partial charge in [0, 0.05) is 14.8 Å². The second-order valence-electron chi connectivity index (χ2n) is 3.15. The molecule has 0 amide bonds. The summed E-state index contributed by atoms with van der Waals surface area (Å²) in [7, 11) is 0. The molecule has 2 rings (SSSR count). The number of anilines is 1. The van der Waals surface area contributed by atoms with E-state index >= 15 is 0 Å². The van der Waals surface area contributed by atoms with Crippen molar-refractivity contribution in [3.63, 3.8) is 0 Å². The largest absolute Gasteiger partial charge is 0.356 e. The topological polar surface area (TPSA) is 12.5 Å². The number of nitrogens with zero attached hydrogens (tertiary/aromatic N) is 1. The van der Waals surface area contributed by atoms with E-state index < -0.39 is 3.92 Å². The lowest BCUT2D eigenvalue weighted by molar-refractivity contribution is 0.109. The van der Waals surface area contributed by atoms with Crippen molar-refractivity contribution >= 4 is 63.1 Å². The van der Waals surface area contributed by atoms with Crippen molar-refractivity contribution in [1.82, 2.24) is 0 Å². The molecule has 1 aromatic rings. The molecule has 15 heavy (non-hydrogen) atoms. The highest BCUT2D eigenvalue weighted by Crippen LogP contribution is 2.39. The van der Waals surface area contributed by atoms with Gasteiger partial charge in [0.15, 0.2) is 0 Å². The standard InChI is InChI=1S/C9H7Cl3INO/c10-9(11,12)14-5-15-4-6-3-7(13)1-2-8(6)14/h1-3H,4-5H2. The average molecular weight is 378 g/mol. The Labute approximate surface area is 117 Å². The van der Waals surface area contributed by atoms with Gasteiger partial charge < -0.3 is 9.64 Å². The summed E-state index contributed by atoms with van der Waals surface area (Å²) in [5.41, 5.74) is 1.96. The van der Waals surface area contributed by atoms with Crippen LogP contribution in [0.3, 0.4) is 0 Å². The molecule has 6 heteroatoms. The van der Waals surface area contributed by atoms with Crippen LogP contribution in [0.15, 0.2) is 18.2 Å². The third-order valence-electron chi connectivity index (χ3n) is 2.12. The highest BCUT2D eigenvalue weighted by Gasteiger charge is 2.33. The fourth-order valence-electron chi connectivity index (χ4n) is 1.46. The second kappa shape index (κ2) is 4.45. The third-order valence-corrected chi connectivity index (χ3v) is 3.40. The van der Waals surface area contributed by atoms with Crippen LogP contribution in [0, 0.1) is 3.57 Å². The van der Waals surface area contributed by atoms with Gasteiger partial charge in [0.05, 0.1) is 6.61 Å². The zero-order valence-electron chi connectivity index (χ0n) is 7.51. The molecule has 0 N–H and O–H groups in total. The molecular weight excluding hydrogens is 371 g/mol. The van der Waals surface area contributed by atoms with E-state index in [4.69, 9.17) is 39.5 Å². The summed E-state index contributed by atoms with van der Waals surface area (Å²) < 4.78 is 5.03. The van der Waals surface area contributed by atoms with Gasteiger partial charge in [-0.15, -0.1) is 0 Å². The van der Waals surface area contributed by atoms with Gasteiger partial charge in [0.1, 0.15) is 6.73 Å². The van der Waals surface area contributed by atoms with Gasteiger partial charge in [-0.05, 0) is 40.8 Å². The van der Waals surface area contributed by atoms with Gasteiger partial charge in [-0.25, -0.2) is 0 Å². The van der Waals surface area contributed by atoms with Crippen LogP contribution in [0.1, 0.15) is 5.56 Å². The molecule has 0 saturated heterocycles. The summed E-state index contributed by atoms with van der Waals surface area (Å²) in [5, 5.41) is 0. The molecule has 0 aliphatic carbocycles. The molecule has 0 spiro atoms. The highest BCUT2D eigenvalue weighted by atomic mass is 127. The molecule has 0 unspecified atom stereocenters. The predicted molar refractivity (Wildman–Crippen MR) is 71.6 cm³/mol. The summed E-state index contributed by atoms with van der Waals surface area (Å²) in [4.78, 5) is 1.60. The summed E-state index contributed by atoms with van der Waals surface area (Å²) >= 11 is 19.8. The van der Waals surface area contributed by atoms with Crippen LogP contribution in [0.4, 0.5) is 5.69 Å². The van der Waals surface area contributed by atoms with Crippen LogP contribution in [-0.4, -0.2) is 10.6 Å². The van der Waals surface area contributed by atoms with Crippen molar-refractivity contribution in [3.8, 4) is 0 Å². The van der Waals surface area contributed by atoms with Gasteiger partial charge in [-0.3, -0.25) is 0 Å². The first-order valence-corrected chi connectivity index (χ1v) is 6.40. The van der Waals surface area contributed by atoms with E-state index in [0.717, 1.165) is 14.8 Å². The summed E-state index contributed by atoms with van der Waals surface area (Å²) in [6, 6.07) is 5.95. The van der Waals surface area contributed by atoms with Crippen molar-refractivity contribution < 1.29 is 4.74 Å². The van der Waals surface area contributed by atoms with E-state index in [1.807, 2.05) is 18.2 Å². The Morgan fingerprint density at radius 2 is 2.07 bits per heavy atom. The normalized spacial score (nSPS) is 16.4. The maximum Gasteiger partial charge on any atom is 0.270 e. The summed E-state index contributed by atoms with van der Waals surface area (Å²) in [6.45, 7) is 0.855. The van der Waals surface area contributed by atoms with Crippen LogP contribution in [0.5, 0.6) is 0 Å². The Bertz CT molecular complexity index is 380. The van der Waals surface area contributed by atoms with Gasteiger partial charge in [-0.2, -0.15) is 0 Å². The van der Waals surface area contributed by atoms with E-state index in [1.54, 1.807) is 4.90 Å². The predicted octanol–water partition coefficient (Wildman–Crippen LogP) is 3.91. The van der Waals surface area contributed by atoms with Crippen molar-refractivity contribution in [2.45, 2.75) is 10.5 Å². The fraction of sp³-hybridized carbons (Fsp3) is 0.333. The number of halogens is 4. The number of rotatable bonds is 0. The first-order valence-electron chi connectivity index (χ1n) is 4.19. The summed E-state index contributed by atoms with van der Waals surface area (Å²) in [5.74, 6) is 0. The van der Waals surface area contributed by atoms with Crippen molar-refractivity contribution in [1.29, 1.82) is 0 Å². The van der Waals surface area contributed by atoms with E-state index in [2.05, 4.69) is 22.6 Å². The SMILES string of the molecule is ClC(Cl)(Cl)N1COCc2cc(I)ccc21. The van der Waals surface area contributed by atoms with Gasteiger partial charge >= 0.3 is 0 Å². The molecule has 2 nitrogen and oxygen atoms in total. The average Bonchev–Trinajstić information content (AvgIpc) is 2.15. The summed E-state index contributed by atoms with van der Waals surface area (Å²) in [6.07, 6.45) is 0. The molecule has 0 aromatic heterocycles. The van der Waals surface area contributed by atoms with Gasteiger partial charge in [-0.1, -0.05) is 34.8 Å². The molecule has 0 radical (unpaired) electrons. The number of ether oxygens (including phenoxy) is 1. The van der Waals surface area contributed by atoms with Crippen molar-refractivity contribution in [3.05, 3.63) is 27.3 Å². The molecule has 1 aliphatic rings. The Hall–Kier alpha value is 0.580. The van der Waals surface area contributed by atoms with E-state index in [1.165, 1.54) is 0 Å². The lowest BCUT2D eigenvalue weighted by atomic mass is 10.1. The van der Waals surface area contributed by atoms with Crippen molar-refractivity contribution in [2.24, 2.45) is 0 Å². The zero-order chi connectivity index (χ0) is 11.1. The second-order valence-corrected chi connectivity index (χ2v) is 6.61. The first kappa shape index (κ1) is 12.0. The van der Waals surface area contributed by atoms with E-state index in [0.29, 0.717) is 13.3 Å². The van der Waals surface area contributed by atoms with Gasteiger partial charge in [0.25, 0.3) is 3.92 Å². The Kier molecular flexibility index (Phi) is 3.57. The van der Waals surface area contributed by atoms with E-state index in [-0.39, 0.29) is 0 Å². The molecule has 0 bridgehead atoms. The number of alkyl halides is 3. The van der Waals surface area contributed by atoms with Crippen LogP contribution >= 0.6 is 57.4 Å². The van der Waals surface area contributed by atoms with Crippen LogP contribution in [0.2, 0.25) is 0 Å². The number of hydrogen-bond acceptors (Lipinski definition) is 2. The Morgan fingerprint density at radius 1 is 1.33 bits per heavy atom. The monoisotopic (exact) mass is 377 g/mol. The highest BCUT2D eigenvalue weighted by molar-refractivity contribution is 14.1. The van der Waals surface area contributed by atoms with Crippen LogP contribution in [0.25, 0.3) is 0 Å². The quantitative estimate of drug-likeness (QED) is 0.386. The molecule has 1 aromatic carbocycles. The van der Waals surface area contributed by atoms with E-state index in [9.17, 15) is 0 Å². The number of fused-ring (bicyclic) bond motifs is 1. The van der Waals surface area contributed by atoms with Crippen LogP contribution in [-0.2, 0) is 11.3 Å². The molecule has 1 aliphatic heterocycles. The Morgan fingerprint density at radius 3 is 2.73 bits per heavy atom. The molecule has 0 atom stereocenters. The third kappa shape index (κ3) is 2.64. The molecular formula is C9H7Cl3INO. The lowest BCUT2D eigenvalue weighted by Gasteiger charge is -2.35. The molecule has 82 valence electrons. The smallest absolute Gasteiger partial charge is 0.270 e. The lowest BCUT2D eigenvalue weighted by Crippen LogP contribution is -2.40. The van der Waals surface area contributed by atoms with Crippen molar-refractivity contribution in [2.75, 3.05) is 11.6 Å². The maximum absolute atomic E-state index is 5.85. The Balaban J connectivity index is 2.43. The fourth-order valence-corrected chi connectivity index (χ4v) is 2.43. The minimum Gasteiger partial charge on any atom is -0.356 e. The maximum atomic E-state index is 5.85. The van der Waals surface area contributed by atoms with Gasteiger partial charge in [0.2, 0.25) is 0 Å². The minimum absolute atomic E-state index is 0.296.